The maximum absolute atomic E-state index is 11.0. The molecule has 0 spiro atoms. The van der Waals surface area contributed by atoms with E-state index in [1.807, 2.05) is 42.5 Å². The number of phenols is 1. The third kappa shape index (κ3) is 5.71. The first-order valence-corrected chi connectivity index (χ1v) is 17.3. The maximum atomic E-state index is 11.0. The normalized spacial score (nSPS) is 13.4. The van der Waals surface area contributed by atoms with Crippen LogP contribution in [0.25, 0.3) is 44.5 Å². The molecule has 8 rings (SSSR count). The van der Waals surface area contributed by atoms with E-state index in [0.29, 0.717) is 11.3 Å². The van der Waals surface area contributed by atoms with E-state index in [9.17, 15) is 5.11 Å². The molecule has 1 aliphatic carbocycles. The number of aromatic nitrogens is 3. The van der Waals surface area contributed by atoms with Gasteiger partial charge in [-0.3, -0.25) is 9.97 Å². The zero-order valence-corrected chi connectivity index (χ0v) is 32.0. The molecule has 0 fully saturated rings. The number of hydrogen-bond acceptors (Lipinski definition) is 4. The second-order valence-electron chi connectivity index (χ2n) is 15.4. The fourth-order valence-corrected chi connectivity index (χ4v) is 7.49. The van der Waals surface area contributed by atoms with Gasteiger partial charge in [0.15, 0.2) is 0 Å². The summed E-state index contributed by atoms with van der Waals surface area (Å²) >= 11 is 0. The van der Waals surface area contributed by atoms with Crippen LogP contribution in [0.15, 0.2) is 128 Å². The molecule has 5 aromatic carbocycles. The largest absolute Gasteiger partial charge is 0.507 e. The van der Waals surface area contributed by atoms with Gasteiger partial charge in [-0.15, -0.1) is 35.4 Å². The van der Waals surface area contributed by atoms with Gasteiger partial charge in [0.25, 0.3) is 0 Å². The molecule has 0 saturated heterocycles. The first-order valence-electron chi connectivity index (χ1n) is 17.3. The Bertz CT molecular complexity index is 2370. The Hall–Kier alpha value is -4.92. The van der Waals surface area contributed by atoms with E-state index in [2.05, 4.69) is 125 Å². The molecular formula is C46H40N3OPt-. The van der Waals surface area contributed by atoms with Crippen LogP contribution in [-0.2, 0) is 37.3 Å². The average Bonchev–Trinajstić information content (AvgIpc) is 3.41. The van der Waals surface area contributed by atoms with Crippen LogP contribution in [0.4, 0.5) is 0 Å². The molecular weight excluding hydrogens is 806 g/mol. The predicted octanol–water partition coefficient (Wildman–Crippen LogP) is 10.8. The van der Waals surface area contributed by atoms with Gasteiger partial charge >= 0.3 is 0 Å². The van der Waals surface area contributed by atoms with Crippen LogP contribution in [0.2, 0.25) is 0 Å². The fourth-order valence-electron chi connectivity index (χ4n) is 7.49. The molecule has 256 valence electrons. The summed E-state index contributed by atoms with van der Waals surface area (Å²) in [6.45, 7) is 13.6. The second kappa shape index (κ2) is 12.7. The Morgan fingerprint density at radius 2 is 1.24 bits per heavy atom. The Morgan fingerprint density at radius 1 is 0.608 bits per heavy atom. The smallest absolute Gasteiger partial charge is 0.124 e. The fraction of sp³-hybridized carbons (Fsp3) is 0.196. The molecule has 0 aliphatic heterocycles. The molecule has 5 heteroatoms. The molecule has 0 amide bonds. The van der Waals surface area contributed by atoms with Crippen molar-refractivity contribution in [1.82, 2.24) is 15.0 Å². The molecule has 0 radical (unpaired) electrons. The van der Waals surface area contributed by atoms with Gasteiger partial charge in [-0.2, -0.15) is 0 Å². The molecule has 0 bridgehead atoms. The number of benzene rings is 5. The van der Waals surface area contributed by atoms with E-state index in [-0.39, 0.29) is 37.6 Å². The van der Waals surface area contributed by atoms with Crippen LogP contribution in [0.3, 0.4) is 0 Å². The van der Waals surface area contributed by atoms with Crippen molar-refractivity contribution in [3.8, 4) is 39.4 Å². The van der Waals surface area contributed by atoms with Crippen molar-refractivity contribution in [2.24, 2.45) is 0 Å². The van der Waals surface area contributed by atoms with E-state index >= 15 is 0 Å². The summed E-state index contributed by atoms with van der Waals surface area (Å²) in [6, 6.07) is 46.0. The molecule has 0 saturated carbocycles. The van der Waals surface area contributed by atoms with E-state index in [4.69, 9.17) is 9.97 Å². The van der Waals surface area contributed by atoms with E-state index < -0.39 is 5.41 Å². The molecule has 2 aromatic heterocycles. The predicted molar refractivity (Wildman–Crippen MR) is 203 cm³/mol. The van der Waals surface area contributed by atoms with Crippen LogP contribution in [0.5, 0.6) is 5.75 Å². The van der Waals surface area contributed by atoms with Crippen molar-refractivity contribution in [3.63, 3.8) is 0 Å². The molecule has 7 aromatic rings. The average molecular weight is 846 g/mol. The number of aromatic hydroxyl groups is 1. The number of pyridine rings is 1. The Kier molecular flexibility index (Phi) is 8.59. The summed E-state index contributed by atoms with van der Waals surface area (Å²) in [5, 5.41) is 11.9. The quantitative estimate of drug-likeness (QED) is 0.179. The third-order valence-electron chi connectivity index (χ3n) is 10.2. The van der Waals surface area contributed by atoms with Crippen molar-refractivity contribution >= 4 is 10.9 Å². The minimum Gasteiger partial charge on any atom is -0.507 e. The Balaban J connectivity index is 0.00000406. The summed E-state index contributed by atoms with van der Waals surface area (Å²) in [7, 11) is 0. The minimum absolute atomic E-state index is 0. The van der Waals surface area contributed by atoms with Crippen molar-refractivity contribution in [2.75, 3.05) is 0 Å². The summed E-state index contributed by atoms with van der Waals surface area (Å²) in [5.74, 6) is 0.202. The molecule has 51 heavy (non-hydrogen) atoms. The van der Waals surface area contributed by atoms with E-state index in [1.165, 1.54) is 33.4 Å². The summed E-state index contributed by atoms with van der Waals surface area (Å²) in [6.07, 6.45) is 1.64. The van der Waals surface area contributed by atoms with Gasteiger partial charge in [0, 0.05) is 26.6 Å². The van der Waals surface area contributed by atoms with Gasteiger partial charge in [-0.25, -0.2) is 4.98 Å². The third-order valence-corrected chi connectivity index (χ3v) is 10.2. The van der Waals surface area contributed by atoms with Crippen LogP contribution < -0.4 is 0 Å². The molecule has 1 aliphatic rings. The number of hydrogen-bond donors (Lipinski definition) is 1. The van der Waals surface area contributed by atoms with Gasteiger partial charge in [0.2, 0.25) is 0 Å². The summed E-state index contributed by atoms with van der Waals surface area (Å²) in [4.78, 5) is 14.8. The molecule has 0 atom stereocenters. The number of rotatable bonds is 4. The second-order valence-corrected chi connectivity index (χ2v) is 15.4. The molecule has 2 heterocycles. The van der Waals surface area contributed by atoms with E-state index in [0.717, 1.165) is 33.4 Å². The topological polar surface area (TPSA) is 58.9 Å². The van der Waals surface area contributed by atoms with Crippen molar-refractivity contribution in [2.45, 2.75) is 57.8 Å². The SMILES string of the molecule is CC(C)(C)c1ccc2c(c1)C(c1[c-]c(-c3ncnc4ccccc34)ccc1)(c1cccc(-c3ccccc3O)n1)c1cc(C(C)(C)C)ccc1-2.[Pt]. The summed E-state index contributed by atoms with van der Waals surface area (Å²) in [5.41, 5.74) is 12.1. The van der Waals surface area contributed by atoms with Crippen molar-refractivity contribution in [3.05, 3.63) is 167 Å². The van der Waals surface area contributed by atoms with E-state index in [1.54, 1.807) is 12.4 Å². The zero-order valence-electron chi connectivity index (χ0n) is 29.7. The number of nitrogens with zero attached hydrogens (tertiary/aromatic N) is 3. The first-order chi connectivity index (χ1) is 24.0. The number of para-hydroxylation sites is 2. The van der Waals surface area contributed by atoms with Gasteiger partial charge in [-0.1, -0.05) is 114 Å². The first kappa shape index (κ1) is 34.5. The standard InChI is InChI=1S/C46H40N3O.Pt/c1-44(2,3)30-21-23-33-34-24-22-31(45(4,5)6)27-38(34)46(37(33)26-30,42-20-12-18-40(49-42)35-15-8-10-19-41(35)50)32-14-11-13-29(25-32)43-36-16-7-9-17-39(36)47-28-48-43;/h7-24,26-28,50H,1-6H3;/q-1;. The molecule has 0 unspecified atom stereocenters. The maximum Gasteiger partial charge on any atom is 0.124 e. The van der Waals surface area contributed by atoms with Crippen LogP contribution in [-0.4, -0.2) is 20.1 Å². The molecule has 1 N–H and O–H groups in total. The number of fused-ring (bicyclic) bond motifs is 4. The van der Waals surface area contributed by atoms with Gasteiger partial charge in [0.1, 0.15) is 12.1 Å². The van der Waals surface area contributed by atoms with Crippen LogP contribution in [0.1, 0.15) is 75.1 Å². The zero-order chi connectivity index (χ0) is 34.8. The number of phenolic OH excluding ortho intramolecular Hbond substituents is 1. The molecule has 4 nitrogen and oxygen atoms in total. The minimum atomic E-state index is -0.827. The van der Waals surface area contributed by atoms with Crippen LogP contribution in [0, 0.1) is 6.07 Å². The van der Waals surface area contributed by atoms with Gasteiger partial charge in [-0.05, 0) is 85.6 Å². The van der Waals surface area contributed by atoms with Gasteiger partial charge < -0.3 is 5.11 Å². The monoisotopic (exact) mass is 845 g/mol. The Labute approximate surface area is 315 Å². The van der Waals surface area contributed by atoms with Crippen molar-refractivity contribution < 1.29 is 26.2 Å². The van der Waals surface area contributed by atoms with Crippen molar-refractivity contribution in [1.29, 1.82) is 0 Å². The van der Waals surface area contributed by atoms with Crippen LogP contribution >= 0.6 is 0 Å². The summed E-state index contributed by atoms with van der Waals surface area (Å²) < 4.78 is 0. The van der Waals surface area contributed by atoms with Gasteiger partial charge in [0.05, 0.1) is 22.3 Å². The Morgan fingerprint density at radius 3 is 1.90 bits per heavy atom.